The average Bonchev–Trinajstić information content (AvgIpc) is 3.91. The molecule has 0 amide bonds. The first kappa shape index (κ1) is 31.0. The standard InChI is InChI=1S/C52H31N3O/c1-3-15-32(16-4-1)49-53-50(33-17-5-2-6-18-33)55-51(54-49)41-24-14-27-44-47(41)40-21-8-11-26-43(40)52(44)42-25-10-7-19-36(42)37-30-29-34(31-45(37)52)35-22-13-23-39-38-20-9-12-28-46(38)56-48(35)39/h1-31H. The number of aromatic nitrogens is 3. The number of furan rings is 1. The summed E-state index contributed by atoms with van der Waals surface area (Å²) in [6.45, 7) is 0. The molecule has 0 saturated heterocycles. The highest BCUT2D eigenvalue weighted by Gasteiger charge is 2.52. The molecule has 1 spiro atoms. The van der Waals surface area contributed by atoms with Gasteiger partial charge in [-0.2, -0.15) is 0 Å². The van der Waals surface area contributed by atoms with Crippen LogP contribution in [0.25, 0.3) is 89.5 Å². The zero-order chi connectivity index (χ0) is 36.8. The third kappa shape index (κ3) is 4.27. The quantitative estimate of drug-likeness (QED) is 0.182. The van der Waals surface area contributed by atoms with Crippen LogP contribution in [-0.2, 0) is 5.41 Å². The van der Waals surface area contributed by atoms with E-state index in [9.17, 15) is 0 Å². The van der Waals surface area contributed by atoms with Crippen LogP contribution in [0.3, 0.4) is 0 Å². The summed E-state index contributed by atoms with van der Waals surface area (Å²) in [7, 11) is 0. The van der Waals surface area contributed by atoms with Gasteiger partial charge in [-0.05, 0) is 62.2 Å². The Morgan fingerprint density at radius 3 is 1.64 bits per heavy atom. The molecule has 0 radical (unpaired) electrons. The molecule has 2 heterocycles. The second-order valence-electron chi connectivity index (χ2n) is 14.6. The first-order valence-electron chi connectivity index (χ1n) is 19.0. The van der Waals surface area contributed by atoms with Gasteiger partial charge in [-0.25, -0.2) is 15.0 Å². The van der Waals surface area contributed by atoms with Gasteiger partial charge in [0.15, 0.2) is 17.5 Å². The van der Waals surface area contributed by atoms with E-state index < -0.39 is 5.41 Å². The van der Waals surface area contributed by atoms with E-state index in [1.165, 1.54) is 38.9 Å². The average molecular weight is 714 g/mol. The maximum atomic E-state index is 6.58. The van der Waals surface area contributed by atoms with Crippen molar-refractivity contribution in [3.63, 3.8) is 0 Å². The molecule has 2 aliphatic rings. The lowest BCUT2D eigenvalue weighted by Gasteiger charge is -2.30. The largest absolute Gasteiger partial charge is 0.455 e. The first-order valence-corrected chi connectivity index (χ1v) is 19.0. The van der Waals surface area contributed by atoms with Crippen molar-refractivity contribution in [1.29, 1.82) is 0 Å². The van der Waals surface area contributed by atoms with Crippen LogP contribution in [0.1, 0.15) is 22.3 Å². The molecule has 0 saturated carbocycles. The van der Waals surface area contributed by atoms with Gasteiger partial charge in [-0.1, -0.05) is 176 Å². The molecule has 0 N–H and O–H groups in total. The van der Waals surface area contributed by atoms with E-state index in [1.807, 2.05) is 42.5 Å². The summed E-state index contributed by atoms with van der Waals surface area (Å²) in [6.07, 6.45) is 0. The second-order valence-corrected chi connectivity index (χ2v) is 14.6. The number of benzene rings is 8. The van der Waals surface area contributed by atoms with E-state index in [0.717, 1.165) is 55.3 Å². The molecular formula is C52H31N3O. The Morgan fingerprint density at radius 2 is 0.875 bits per heavy atom. The van der Waals surface area contributed by atoms with Crippen molar-refractivity contribution < 1.29 is 4.42 Å². The molecule has 56 heavy (non-hydrogen) atoms. The minimum atomic E-state index is -0.566. The normalized spacial score (nSPS) is 14.9. The van der Waals surface area contributed by atoms with E-state index >= 15 is 0 Å². The minimum absolute atomic E-state index is 0.566. The minimum Gasteiger partial charge on any atom is -0.455 e. The smallest absolute Gasteiger partial charge is 0.164 e. The van der Waals surface area contributed by atoms with Crippen molar-refractivity contribution in [2.24, 2.45) is 0 Å². The Bertz CT molecular complexity index is 3140. The highest BCUT2D eigenvalue weighted by atomic mass is 16.3. The number of hydrogen-bond donors (Lipinski definition) is 0. The Hall–Kier alpha value is -7.43. The van der Waals surface area contributed by atoms with E-state index in [2.05, 4.69) is 146 Å². The number of fused-ring (bicyclic) bond motifs is 13. The maximum Gasteiger partial charge on any atom is 0.164 e. The Balaban J connectivity index is 1.13. The SMILES string of the molecule is c1ccc(-c2nc(-c3ccccc3)nc(-c3cccc4c3-c3ccccc3C43c4ccccc4-c4ccc(-c5cccc6c5oc5ccccc56)cc43)n2)cc1. The van der Waals surface area contributed by atoms with Crippen molar-refractivity contribution in [2.45, 2.75) is 5.41 Å². The lowest BCUT2D eigenvalue weighted by Crippen LogP contribution is -2.25. The van der Waals surface area contributed by atoms with Crippen molar-refractivity contribution in [2.75, 3.05) is 0 Å². The van der Waals surface area contributed by atoms with Gasteiger partial charge in [0.2, 0.25) is 0 Å². The van der Waals surface area contributed by atoms with Crippen molar-refractivity contribution >= 4 is 21.9 Å². The Morgan fingerprint density at radius 1 is 0.339 bits per heavy atom. The zero-order valence-corrected chi connectivity index (χ0v) is 30.1. The first-order chi connectivity index (χ1) is 27.8. The summed E-state index contributed by atoms with van der Waals surface area (Å²) in [5.74, 6) is 1.95. The molecule has 4 nitrogen and oxygen atoms in total. The maximum absolute atomic E-state index is 6.58. The fraction of sp³-hybridized carbons (Fsp3) is 0.0192. The van der Waals surface area contributed by atoms with Gasteiger partial charge in [0, 0.05) is 33.0 Å². The molecule has 0 aliphatic heterocycles. The lowest BCUT2D eigenvalue weighted by atomic mass is 9.70. The fourth-order valence-corrected chi connectivity index (χ4v) is 9.45. The summed E-state index contributed by atoms with van der Waals surface area (Å²) in [5, 5.41) is 2.25. The van der Waals surface area contributed by atoms with Gasteiger partial charge in [-0.15, -0.1) is 0 Å². The number of hydrogen-bond acceptors (Lipinski definition) is 4. The van der Waals surface area contributed by atoms with Gasteiger partial charge in [0.25, 0.3) is 0 Å². The van der Waals surface area contributed by atoms with Crippen LogP contribution in [0.2, 0.25) is 0 Å². The van der Waals surface area contributed by atoms with E-state index in [-0.39, 0.29) is 0 Å². The molecule has 12 rings (SSSR count). The van der Waals surface area contributed by atoms with E-state index in [1.54, 1.807) is 0 Å². The van der Waals surface area contributed by atoms with Crippen molar-refractivity contribution in [1.82, 2.24) is 15.0 Å². The molecule has 2 aromatic heterocycles. The van der Waals surface area contributed by atoms with Gasteiger partial charge in [-0.3, -0.25) is 0 Å². The Labute approximate surface area is 323 Å². The summed E-state index contributed by atoms with van der Waals surface area (Å²) in [4.78, 5) is 15.5. The van der Waals surface area contributed by atoms with Crippen LogP contribution < -0.4 is 0 Å². The van der Waals surface area contributed by atoms with E-state index in [4.69, 9.17) is 19.4 Å². The summed E-state index contributed by atoms with van der Waals surface area (Å²) < 4.78 is 6.58. The molecule has 1 unspecified atom stereocenters. The molecular weight excluding hydrogens is 683 g/mol. The van der Waals surface area contributed by atoms with Gasteiger partial charge in [0.1, 0.15) is 11.2 Å². The van der Waals surface area contributed by atoms with Gasteiger partial charge >= 0.3 is 0 Å². The topological polar surface area (TPSA) is 51.8 Å². The van der Waals surface area contributed by atoms with Crippen LogP contribution >= 0.6 is 0 Å². The van der Waals surface area contributed by atoms with Crippen molar-refractivity contribution in [3.8, 4) is 67.5 Å². The molecule has 2 aliphatic carbocycles. The predicted molar refractivity (Wildman–Crippen MR) is 225 cm³/mol. The summed E-state index contributed by atoms with van der Waals surface area (Å²) >= 11 is 0. The third-order valence-corrected chi connectivity index (χ3v) is 11.8. The second kappa shape index (κ2) is 11.8. The summed E-state index contributed by atoms with van der Waals surface area (Å²) in [6, 6.07) is 66.7. The van der Waals surface area contributed by atoms with Crippen LogP contribution in [0.5, 0.6) is 0 Å². The molecule has 8 aromatic carbocycles. The lowest BCUT2D eigenvalue weighted by molar-refractivity contribution is 0.670. The zero-order valence-electron chi connectivity index (χ0n) is 30.1. The van der Waals surface area contributed by atoms with Crippen LogP contribution in [0.15, 0.2) is 192 Å². The number of para-hydroxylation sites is 2. The fourth-order valence-electron chi connectivity index (χ4n) is 9.45. The molecule has 0 fully saturated rings. The van der Waals surface area contributed by atoms with Gasteiger partial charge < -0.3 is 4.42 Å². The van der Waals surface area contributed by atoms with Crippen LogP contribution in [0, 0.1) is 0 Å². The van der Waals surface area contributed by atoms with Crippen LogP contribution in [-0.4, -0.2) is 15.0 Å². The molecule has 0 bridgehead atoms. The molecule has 260 valence electrons. The number of nitrogens with zero attached hydrogens (tertiary/aromatic N) is 3. The highest BCUT2D eigenvalue weighted by Crippen LogP contribution is 2.64. The Kier molecular flexibility index (Phi) is 6.52. The van der Waals surface area contributed by atoms with Crippen molar-refractivity contribution in [3.05, 3.63) is 210 Å². The number of rotatable bonds is 4. The monoisotopic (exact) mass is 713 g/mol. The highest BCUT2D eigenvalue weighted by molar-refractivity contribution is 6.10. The predicted octanol–water partition coefficient (Wildman–Crippen LogP) is 12.8. The molecule has 4 heteroatoms. The third-order valence-electron chi connectivity index (χ3n) is 11.8. The van der Waals surface area contributed by atoms with Gasteiger partial charge in [0.05, 0.1) is 5.41 Å². The van der Waals surface area contributed by atoms with Crippen LogP contribution in [0.4, 0.5) is 0 Å². The molecule has 10 aromatic rings. The summed E-state index contributed by atoms with van der Waals surface area (Å²) in [5.41, 5.74) is 16.2. The molecule has 1 atom stereocenters. The van der Waals surface area contributed by atoms with E-state index in [0.29, 0.717) is 17.5 Å².